The van der Waals surface area contributed by atoms with Crippen LogP contribution in [-0.2, 0) is 22.7 Å². The first kappa shape index (κ1) is 28.1. The van der Waals surface area contributed by atoms with Gasteiger partial charge in [-0.25, -0.2) is 4.79 Å². The van der Waals surface area contributed by atoms with E-state index < -0.39 is 5.97 Å². The molecule has 2 aromatic carbocycles. The smallest absolute Gasteiger partial charge is 0.341 e. The van der Waals surface area contributed by atoms with Crippen molar-refractivity contribution in [1.29, 1.82) is 0 Å². The number of aromatic nitrogens is 3. The summed E-state index contributed by atoms with van der Waals surface area (Å²) < 4.78 is 12.8. The minimum Gasteiger partial charge on any atom is -0.486 e. The number of carbonyl (C=O) groups is 2. The second-order valence-electron chi connectivity index (χ2n) is 8.96. The van der Waals surface area contributed by atoms with Crippen molar-refractivity contribution >= 4 is 40.0 Å². The SMILES string of the molecule is C=CCn1c(COc2cc(C)cc(C)c2)nnc1SCC(=O)Nc1scc(-c2ccc(C)cc2)c1C(=O)OC. The van der Waals surface area contributed by atoms with E-state index >= 15 is 0 Å². The number of allylic oxidation sites excluding steroid dienone is 1. The van der Waals surface area contributed by atoms with E-state index in [1.165, 1.54) is 30.2 Å². The van der Waals surface area contributed by atoms with Gasteiger partial charge in [-0.3, -0.25) is 9.36 Å². The fourth-order valence-corrected chi connectivity index (χ4v) is 5.74. The zero-order valence-electron chi connectivity index (χ0n) is 22.3. The summed E-state index contributed by atoms with van der Waals surface area (Å²) in [5.41, 5.74) is 5.28. The van der Waals surface area contributed by atoms with Gasteiger partial charge in [0.1, 0.15) is 22.9 Å². The maximum absolute atomic E-state index is 12.9. The van der Waals surface area contributed by atoms with Crippen LogP contribution in [0, 0.1) is 20.8 Å². The third-order valence-corrected chi connectivity index (χ3v) is 7.66. The number of ether oxygens (including phenoxy) is 2. The van der Waals surface area contributed by atoms with E-state index in [1.807, 2.05) is 67.1 Å². The number of hydrogen-bond donors (Lipinski definition) is 1. The molecule has 0 atom stereocenters. The van der Waals surface area contributed by atoms with Gasteiger partial charge in [-0.1, -0.05) is 53.7 Å². The van der Waals surface area contributed by atoms with Crippen molar-refractivity contribution in [3.05, 3.63) is 88.6 Å². The van der Waals surface area contributed by atoms with Crippen LogP contribution < -0.4 is 10.1 Å². The van der Waals surface area contributed by atoms with E-state index in [9.17, 15) is 9.59 Å². The van der Waals surface area contributed by atoms with Gasteiger partial charge < -0.3 is 14.8 Å². The first-order valence-corrected chi connectivity index (χ1v) is 14.1. The van der Waals surface area contributed by atoms with Crippen molar-refractivity contribution in [2.45, 2.75) is 39.1 Å². The number of aryl methyl sites for hydroxylation is 3. The molecule has 0 aliphatic heterocycles. The third kappa shape index (κ3) is 6.96. The quantitative estimate of drug-likeness (QED) is 0.132. The Morgan fingerprint density at radius 1 is 1.08 bits per heavy atom. The van der Waals surface area contributed by atoms with Crippen molar-refractivity contribution in [2.75, 3.05) is 18.2 Å². The van der Waals surface area contributed by atoms with Gasteiger partial charge in [0.25, 0.3) is 0 Å². The molecule has 1 amide bonds. The molecular weight excluding hydrogens is 532 g/mol. The van der Waals surface area contributed by atoms with Crippen LogP contribution >= 0.6 is 23.1 Å². The Hall–Kier alpha value is -3.89. The summed E-state index contributed by atoms with van der Waals surface area (Å²) in [4.78, 5) is 25.5. The highest BCUT2D eigenvalue weighted by atomic mass is 32.2. The van der Waals surface area contributed by atoms with Gasteiger partial charge in [-0.05, 0) is 49.6 Å². The van der Waals surface area contributed by atoms with Crippen LogP contribution in [0.15, 0.2) is 65.7 Å². The number of esters is 1. The standard InChI is InChI=1S/C29H30N4O4S2/c1-6-11-33-24(15-37-22-13-19(3)12-20(4)14-22)31-32-29(33)39-17-25(34)30-27-26(28(35)36-5)23(16-38-27)21-9-7-18(2)8-10-21/h6-10,12-14,16H,1,11,15,17H2,2-5H3,(H,30,34). The summed E-state index contributed by atoms with van der Waals surface area (Å²) in [6.45, 7) is 10.6. The lowest BCUT2D eigenvalue weighted by molar-refractivity contribution is -0.113. The molecule has 0 spiro atoms. The summed E-state index contributed by atoms with van der Waals surface area (Å²) in [5.74, 6) is 0.686. The number of amides is 1. The van der Waals surface area contributed by atoms with Crippen LogP contribution in [0.4, 0.5) is 5.00 Å². The molecule has 0 saturated carbocycles. The van der Waals surface area contributed by atoms with Crippen LogP contribution in [0.3, 0.4) is 0 Å². The number of thiophene rings is 1. The Morgan fingerprint density at radius 3 is 2.46 bits per heavy atom. The van der Waals surface area contributed by atoms with Crippen LogP contribution in [0.25, 0.3) is 11.1 Å². The van der Waals surface area contributed by atoms with Crippen molar-refractivity contribution in [2.24, 2.45) is 0 Å². The average Bonchev–Trinajstić information content (AvgIpc) is 3.49. The van der Waals surface area contributed by atoms with Crippen LogP contribution in [0.2, 0.25) is 0 Å². The Bertz CT molecular complexity index is 1470. The average molecular weight is 563 g/mol. The Balaban J connectivity index is 1.45. The summed E-state index contributed by atoms with van der Waals surface area (Å²) in [6.07, 6.45) is 1.74. The molecule has 0 bridgehead atoms. The largest absolute Gasteiger partial charge is 0.486 e. The van der Waals surface area contributed by atoms with Gasteiger partial charge in [0.05, 0.1) is 12.9 Å². The zero-order chi connectivity index (χ0) is 27.9. The first-order chi connectivity index (χ1) is 18.8. The topological polar surface area (TPSA) is 95.3 Å². The molecule has 0 aliphatic carbocycles. The highest BCUT2D eigenvalue weighted by Gasteiger charge is 2.23. The minimum absolute atomic E-state index is 0.0750. The number of methoxy groups -OCH3 is 1. The second kappa shape index (κ2) is 12.8. The second-order valence-corrected chi connectivity index (χ2v) is 10.8. The molecule has 0 aliphatic rings. The Labute approximate surface area is 236 Å². The van der Waals surface area contributed by atoms with Gasteiger partial charge in [0, 0.05) is 17.5 Å². The molecule has 8 nitrogen and oxygen atoms in total. The summed E-state index contributed by atoms with van der Waals surface area (Å²) in [6, 6.07) is 13.9. The molecule has 0 unspecified atom stereocenters. The van der Waals surface area contributed by atoms with Crippen LogP contribution in [-0.4, -0.2) is 39.5 Å². The van der Waals surface area contributed by atoms with E-state index in [1.54, 1.807) is 6.08 Å². The molecule has 0 radical (unpaired) electrons. The fraction of sp³-hybridized carbons (Fsp3) is 0.241. The van der Waals surface area contributed by atoms with Gasteiger partial charge in [0.2, 0.25) is 5.91 Å². The summed E-state index contributed by atoms with van der Waals surface area (Å²) >= 11 is 2.53. The molecular formula is C29H30N4O4S2. The monoisotopic (exact) mass is 562 g/mol. The van der Waals surface area contributed by atoms with Crippen molar-refractivity contribution in [3.8, 4) is 16.9 Å². The maximum atomic E-state index is 12.9. The fourth-order valence-electron chi connectivity index (χ4n) is 4.00. The van der Waals surface area contributed by atoms with Gasteiger partial charge >= 0.3 is 5.97 Å². The van der Waals surface area contributed by atoms with Crippen molar-refractivity contribution in [1.82, 2.24) is 14.8 Å². The third-order valence-electron chi connectivity index (χ3n) is 5.80. The predicted octanol–water partition coefficient (Wildman–Crippen LogP) is 6.21. The molecule has 39 heavy (non-hydrogen) atoms. The Morgan fingerprint density at radius 2 is 1.79 bits per heavy atom. The summed E-state index contributed by atoms with van der Waals surface area (Å²) in [5, 5.41) is 14.3. The molecule has 1 N–H and O–H groups in total. The lowest BCUT2D eigenvalue weighted by Crippen LogP contribution is -2.16. The highest BCUT2D eigenvalue weighted by Crippen LogP contribution is 2.36. The number of hydrogen-bond acceptors (Lipinski definition) is 8. The van der Waals surface area contributed by atoms with Gasteiger partial charge in [-0.15, -0.1) is 28.1 Å². The van der Waals surface area contributed by atoms with E-state index in [0.717, 1.165) is 28.0 Å². The minimum atomic E-state index is -0.506. The van der Waals surface area contributed by atoms with E-state index in [-0.39, 0.29) is 18.3 Å². The molecule has 0 fully saturated rings. The predicted molar refractivity (Wildman–Crippen MR) is 156 cm³/mol. The Kier molecular flexibility index (Phi) is 9.21. The first-order valence-electron chi connectivity index (χ1n) is 12.2. The molecule has 10 heteroatoms. The zero-order valence-corrected chi connectivity index (χ0v) is 23.9. The van der Waals surface area contributed by atoms with Gasteiger partial charge in [0.15, 0.2) is 11.0 Å². The molecule has 202 valence electrons. The van der Waals surface area contributed by atoms with Crippen LogP contribution in [0.1, 0.15) is 32.9 Å². The number of anilines is 1. The van der Waals surface area contributed by atoms with Crippen molar-refractivity contribution in [3.63, 3.8) is 0 Å². The maximum Gasteiger partial charge on any atom is 0.341 e. The van der Waals surface area contributed by atoms with E-state index in [2.05, 4.69) is 28.2 Å². The summed E-state index contributed by atoms with van der Waals surface area (Å²) in [7, 11) is 1.33. The highest BCUT2D eigenvalue weighted by molar-refractivity contribution is 7.99. The lowest BCUT2D eigenvalue weighted by atomic mass is 10.0. The number of nitrogens with zero attached hydrogens (tertiary/aromatic N) is 3. The molecule has 2 aromatic heterocycles. The lowest BCUT2D eigenvalue weighted by Gasteiger charge is -2.10. The number of nitrogens with one attached hydrogen (secondary N) is 1. The number of carbonyl (C=O) groups excluding carboxylic acids is 2. The van der Waals surface area contributed by atoms with Crippen LogP contribution in [0.5, 0.6) is 5.75 Å². The molecule has 2 heterocycles. The number of rotatable bonds is 11. The van der Waals surface area contributed by atoms with E-state index in [4.69, 9.17) is 9.47 Å². The number of thioether (sulfide) groups is 1. The molecule has 4 aromatic rings. The molecule has 0 saturated heterocycles. The molecule has 4 rings (SSSR count). The van der Waals surface area contributed by atoms with Gasteiger partial charge in [-0.2, -0.15) is 0 Å². The number of benzene rings is 2. The van der Waals surface area contributed by atoms with E-state index in [0.29, 0.717) is 33.7 Å². The normalized spacial score (nSPS) is 10.8. The van der Waals surface area contributed by atoms with Crippen molar-refractivity contribution < 1.29 is 19.1 Å².